The highest BCUT2D eigenvalue weighted by atomic mass is 31.2. The molecule has 2 atom stereocenters. The lowest BCUT2D eigenvalue weighted by Crippen LogP contribution is -2.37. The van der Waals surface area contributed by atoms with Crippen molar-refractivity contribution in [3.8, 4) is 0 Å². The molecule has 94 heavy (non-hydrogen) atoms. The van der Waals surface area contributed by atoms with Crippen LogP contribution in [0.15, 0.2) is 134 Å². The molecule has 0 aromatic carbocycles. The van der Waals surface area contributed by atoms with E-state index in [1.807, 2.05) is 21.1 Å². The average Bonchev–Trinajstić information content (AvgIpc) is 1.56. The minimum absolute atomic E-state index is 0.0353. The molecule has 9 nitrogen and oxygen atoms in total. The number of phosphoric acid groups is 1. The van der Waals surface area contributed by atoms with Crippen LogP contribution in [-0.2, 0) is 32.7 Å². The van der Waals surface area contributed by atoms with Crippen molar-refractivity contribution in [2.75, 3.05) is 47.5 Å². The fraction of sp³-hybridized carbons (Fsp3) is 0.714. The molecule has 0 saturated carbocycles. The highest BCUT2D eigenvalue weighted by molar-refractivity contribution is 7.45. The first kappa shape index (κ1) is 90.2. The summed E-state index contributed by atoms with van der Waals surface area (Å²) in [5.41, 5.74) is 0. The van der Waals surface area contributed by atoms with Crippen LogP contribution in [0.4, 0.5) is 0 Å². The van der Waals surface area contributed by atoms with Crippen molar-refractivity contribution >= 4 is 19.8 Å². The molecule has 0 spiro atoms. The van der Waals surface area contributed by atoms with Crippen molar-refractivity contribution in [1.29, 1.82) is 0 Å². The molecule has 0 heterocycles. The molecule has 540 valence electrons. The van der Waals surface area contributed by atoms with E-state index in [2.05, 4.69) is 148 Å². The lowest BCUT2D eigenvalue weighted by atomic mass is 10.0. The summed E-state index contributed by atoms with van der Waals surface area (Å²) in [6.45, 7) is 4.14. The van der Waals surface area contributed by atoms with Crippen LogP contribution in [0.5, 0.6) is 0 Å². The predicted octanol–water partition coefficient (Wildman–Crippen LogP) is 25.3. The maximum absolute atomic E-state index is 12.9. The third kappa shape index (κ3) is 77.2. The number of carbonyl (C=O) groups excluding carboxylic acids is 2. The fourth-order valence-electron chi connectivity index (χ4n) is 10.7. The van der Waals surface area contributed by atoms with Gasteiger partial charge in [-0.1, -0.05) is 340 Å². The Morgan fingerprint density at radius 3 is 0.904 bits per heavy atom. The molecular formula is C84H146NO8P. The molecule has 0 rings (SSSR count). The number of unbranched alkanes of at least 4 members (excludes halogenated alkanes) is 35. The van der Waals surface area contributed by atoms with E-state index < -0.39 is 26.5 Å². The number of hydrogen-bond donors (Lipinski definition) is 0. The quantitative estimate of drug-likeness (QED) is 0.0195. The minimum Gasteiger partial charge on any atom is -0.756 e. The third-order valence-corrected chi connectivity index (χ3v) is 17.6. The zero-order chi connectivity index (χ0) is 68.3. The zero-order valence-corrected chi connectivity index (χ0v) is 62.5. The molecule has 0 aromatic heterocycles. The average molecular weight is 1330 g/mol. The smallest absolute Gasteiger partial charge is 0.306 e. The maximum Gasteiger partial charge on any atom is 0.306 e. The van der Waals surface area contributed by atoms with Crippen LogP contribution in [0, 0.1) is 0 Å². The Balaban J connectivity index is 4.03. The Kier molecular flexibility index (Phi) is 70.4. The number of ether oxygens (including phenoxy) is 2. The van der Waals surface area contributed by atoms with Crippen molar-refractivity contribution in [2.24, 2.45) is 0 Å². The Morgan fingerprint density at radius 2 is 0.606 bits per heavy atom. The van der Waals surface area contributed by atoms with Gasteiger partial charge in [0.15, 0.2) is 6.10 Å². The molecule has 0 radical (unpaired) electrons. The van der Waals surface area contributed by atoms with E-state index in [9.17, 15) is 19.0 Å². The summed E-state index contributed by atoms with van der Waals surface area (Å²) in [6, 6.07) is 0. The number of allylic oxidation sites excluding steroid dienone is 22. The lowest BCUT2D eigenvalue weighted by Gasteiger charge is -2.28. The molecule has 10 heteroatoms. The van der Waals surface area contributed by atoms with Crippen LogP contribution >= 0.6 is 7.82 Å². The number of rotatable bonds is 71. The summed E-state index contributed by atoms with van der Waals surface area (Å²) in [5.74, 6) is -0.830. The number of likely N-dealkylation sites (N-methyl/N-ethyl adjacent to an activating group) is 1. The predicted molar refractivity (Wildman–Crippen MR) is 406 cm³/mol. The van der Waals surface area contributed by atoms with Crippen LogP contribution < -0.4 is 4.89 Å². The summed E-state index contributed by atoms with van der Waals surface area (Å²) in [5, 5.41) is 0. The van der Waals surface area contributed by atoms with Crippen molar-refractivity contribution < 1.29 is 42.1 Å². The van der Waals surface area contributed by atoms with Crippen LogP contribution in [0.1, 0.15) is 335 Å². The van der Waals surface area contributed by atoms with Gasteiger partial charge in [-0.3, -0.25) is 14.2 Å². The van der Waals surface area contributed by atoms with Gasteiger partial charge in [0, 0.05) is 12.8 Å². The Morgan fingerprint density at radius 1 is 0.340 bits per heavy atom. The monoisotopic (exact) mass is 1330 g/mol. The zero-order valence-electron chi connectivity index (χ0n) is 61.6. The van der Waals surface area contributed by atoms with Crippen LogP contribution in [0.2, 0.25) is 0 Å². The van der Waals surface area contributed by atoms with Gasteiger partial charge < -0.3 is 27.9 Å². The molecule has 0 aliphatic rings. The van der Waals surface area contributed by atoms with Gasteiger partial charge in [-0.25, -0.2) is 0 Å². The Labute approximate surface area is 581 Å². The third-order valence-electron chi connectivity index (χ3n) is 16.7. The molecule has 0 aromatic rings. The number of hydrogen-bond acceptors (Lipinski definition) is 8. The number of esters is 2. The topological polar surface area (TPSA) is 111 Å². The molecular weight excluding hydrogens is 1180 g/mol. The molecule has 0 fully saturated rings. The van der Waals surface area contributed by atoms with E-state index >= 15 is 0 Å². The number of nitrogens with zero attached hydrogens (tertiary/aromatic N) is 1. The van der Waals surface area contributed by atoms with Gasteiger partial charge in [0.2, 0.25) is 0 Å². The van der Waals surface area contributed by atoms with E-state index in [0.717, 1.165) is 109 Å². The highest BCUT2D eigenvalue weighted by Crippen LogP contribution is 2.38. The van der Waals surface area contributed by atoms with Gasteiger partial charge in [0.1, 0.15) is 19.8 Å². The van der Waals surface area contributed by atoms with Gasteiger partial charge in [0.05, 0.1) is 27.7 Å². The van der Waals surface area contributed by atoms with Crippen LogP contribution in [0.25, 0.3) is 0 Å². The SMILES string of the molecule is CC/C=C\C/C=C\C/C=C\C/C=C\C/C=C\C/C=C\C/C=C\C/C=C\C/C=C\CCCCCCCCCCCCCC(=O)OC(COC(=O)CCCCCCCCCCCCCCCCCCCCC/C=C\C/C=C\CCCCCCC)COP(=O)([O-])OCC[N+](C)(C)C. The van der Waals surface area contributed by atoms with E-state index in [1.165, 1.54) is 193 Å². The van der Waals surface area contributed by atoms with Crippen molar-refractivity contribution in [3.63, 3.8) is 0 Å². The van der Waals surface area contributed by atoms with E-state index in [1.54, 1.807) is 0 Å². The van der Waals surface area contributed by atoms with Crippen LogP contribution in [0.3, 0.4) is 0 Å². The second kappa shape index (κ2) is 73.4. The summed E-state index contributed by atoms with van der Waals surface area (Å²) in [4.78, 5) is 38.2. The minimum atomic E-state index is -4.65. The molecule has 0 N–H and O–H groups in total. The number of carbonyl (C=O) groups is 2. The summed E-state index contributed by atoms with van der Waals surface area (Å²) in [7, 11) is 1.16. The standard InChI is InChI=1S/C84H146NO8P/c1-6-8-10-12-14-16-18-20-22-24-26-28-30-32-34-36-38-39-40-41-42-43-44-45-47-49-51-53-55-57-59-61-63-65-67-69-71-73-75-77-84(87)93-82(81-92-94(88,89)91-79-78-85(3,4)5)80-90-83(86)76-74-72-70-68-66-64-62-60-58-56-54-52-50-48-46-37-35-33-31-29-27-25-23-21-19-17-15-13-11-9-7-2/h8,10,14,16,19-22,25-28,32,34,38-39,41-42,44-45,49,51,82H,6-7,9,11-13,15,17-18,23-24,29-31,33,35-37,40,43,46-48,50,52-81H2,1-5H3/b10-8-,16-14-,21-19-,22-20-,27-25-,28-26-,34-32-,39-38-,42-41-,45-44-,51-49-. The number of quaternary nitrogens is 1. The van der Waals surface area contributed by atoms with Gasteiger partial charge in [-0.05, 0) is 116 Å². The second-order valence-electron chi connectivity index (χ2n) is 27.0. The second-order valence-corrected chi connectivity index (χ2v) is 28.4. The van der Waals surface area contributed by atoms with Crippen molar-refractivity contribution in [1.82, 2.24) is 0 Å². The molecule has 0 aliphatic carbocycles. The lowest BCUT2D eigenvalue weighted by molar-refractivity contribution is -0.870. The van der Waals surface area contributed by atoms with E-state index in [-0.39, 0.29) is 32.0 Å². The normalized spacial score (nSPS) is 13.8. The largest absolute Gasteiger partial charge is 0.756 e. The first-order valence-electron chi connectivity index (χ1n) is 38.9. The van der Waals surface area contributed by atoms with Crippen LogP contribution in [-0.4, -0.2) is 70.0 Å². The summed E-state index contributed by atoms with van der Waals surface area (Å²) >= 11 is 0. The molecule has 0 bridgehead atoms. The first-order valence-corrected chi connectivity index (χ1v) is 40.4. The van der Waals surface area contributed by atoms with Gasteiger partial charge >= 0.3 is 11.9 Å². The van der Waals surface area contributed by atoms with E-state index in [4.69, 9.17) is 18.5 Å². The van der Waals surface area contributed by atoms with Gasteiger partial charge in [-0.15, -0.1) is 0 Å². The molecule has 0 aliphatic heterocycles. The molecule has 0 amide bonds. The van der Waals surface area contributed by atoms with Crippen molar-refractivity contribution in [2.45, 2.75) is 341 Å². The summed E-state index contributed by atoms with van der Waals surface area (Å²) < 4.78 is 34.4. The Hall–Kier alpha value is -3.85. The molecule has 0 saturated heterocycles. The fourth-order valence-corrected chi connectivity index (χ4v) is 11.5. The first-order chi connectivity index (χ1) is 46.0. The Bertz CT molecular complexity index is 2050. The van der Waals surface area contributed by atoms with E-state index in [0.29, 0.717) is 17.4 Å². The number of phosphoric ester groups is 1. The molecule has 2 unspecified atom stereocenters. The summed E-state index contributed by atoms with van der Waals surface area (Å²) in [6.07, 6.45) is 107. The maximum atomic E-state index is 12.9. The van der Waals surface area contributed by atoms with Gasteiger partial charge in [-0.2, -0.15) is 0 Å². The van der Waals surface area contributed by atoms with Gasteiger partial charge in [0.25, 0.3) is 7.82 Å². The highest BCUT2D eigenvalue weighted by Gasteiger charge is 2.22. The van der Waals surface area contributed by atoms with Crippen molar-refractivity contribution in [3.05, 3.63) is 134 Å².